The number of Topliss-reactive ketones (excluding diaryl/α,β-unsaturated/α-hetero) is 1. The van der Waals surface area contributed by atoms with Gasteiger partial charge in [0.15, 0.2) is 17.6 Å². The summed E-state index contributed by atoms with van der Waals surface area (Å²) in [6, 6.07) is 4.51. The second-order valence-corrected chi connectivity index (χ2v) is 6.10. The first-order valence-corrected chi connectivity index (χ1v) is 8.49. The van der Waals surface area contributed by atoms with E-state index < -0.39 is 18.0 Å². The van der Waals surface area contributed by atoms with Crippen molar-refractivity contribution in [3.05, 3.63) is 46.3 Å². The van der Waals surface area contributed by atoms with Crippen LogP contribution in [-0.2, 0) is 9.47 Å². The van der Waals surface area contributed by atoms with Crippen molar-refractivity contribution in [1.82, 2.24) is 4.98 Å². The van der Waals surface area contributed by atoms with Crippen LogP contribution in [0, 0.1) is 13.8 Å². The first-order chi connectivity index (χ1) is 13.2. The molecule has 1 aromatic carbocycles. The first-order valence-electron chi connectivity index (χ1n) is 8.49. The molecule has 0 radical (unpaired) electrons. The zero-order valence-corrected chi connectivity index (χ0v) is 16.7. The van der Waals surface area contributed by atoms with Crippen LogP contribution >= 0.6 is 0 Å². The number of esters is 2. The van der Waals surface area contributed by atoms with Crippen LogP contribution in [0.3, 0.4) is 0 Å². The summed E-state index contributed by atoms with van der Waals surface area (Å²) in [5, 5.41) is 0. The van der Waals surface area contributed by atoms with Crippen LogP contribution in [0.2, 0.25) is 0 Å². The van der Waals surface area contributed by atoms with E-state index in [1.807, 2.05) is 0 Å². The van der Waals surface area contributed by atoms with Crippen LogP contribution in [0.15, 0.2) is 18.2 Å². The van der Waals surface area contributed by atoms with Crippen molar-refractivity contribution in [1.29, 1.82) is 0 Å². The number of hydrogen-bond acceptors (Lipinski definition) is 7. The number of H-pyrrole nitrogens is 1. The highest BCUT2D eigenvalue weighted by molar-refractivity contribution is 6.03. The smallest absolute Gasteiger partial charge is 0.339 e. The minimum Gasteiger partial charge on any atom is -0.493 e. The van der Waals surface area contributed by atoms with Crippen molar-refractivity contribution in [2.24, 2.45) is 0 Å². The van der Waals surface area contributed by atoms with Crippen molar-refractivity contribution in [2.45, 2.75) is 26.9 Å². The zero-order chi connectivity index (χ0) is 21.0. The van der Waals surface area contributed by atoms with Crippen molar-refractivity contribution in [3.63, 3.8) is 0 Å². The number of rotatable bonds is 7. The fraction of sp³-hybridized carbons (Fsp3) is 0.350. The van der Waals surface area contributed by atoms with E-state index in [-0.39, 0.29) is 17.2 Å². The molecule has 0 saturated heterocycles. The number of aromatic nitrogens is 1. The number of benzene rings is 1. The summed E-state index contributed by atoms with van der Waals surface area (Å²) in [7, 11) is 3.99. The fourth-order valence-corrected chi connectivity index (χ4v) is 2.86. The van der Waals surface area contributed by atoms with Crippen LogP contribution < -0.4 is 9.47 Å². The number of carbonyl (C=O) groups is 3. The number of aromatic amines is 1. The molecule has 0 fully saturated rings. The predicted molar refractivity (Wildman–Crippen MR) is 100 cm³/mol. The van der Waals surface area contributed by atoms with Gasteiger partial charge in [-0.1, -0.05) is 0 Å². The third-order valence-electron chi connectivity index (χ3n) is 4.33. The van der Waals surface area contributed by atoms with E-state index in [4.69, 9.17) is 14.2 Å². The highest BCUT2D eigenvalue weighted by Gasteiger charge is 2.27. The number of aryl methyl sites for hydroxylation is 1. The molecule has 0 aliphatic carbocycles. The summed E-state index contributed by atoms with van der Waals surface area (Å²) in [6.45, 7) is 4.95. The van der Waals surface area contributed by atoms with Gasteiger partial charge in [-0.2, -0.15) is 0 Å². The SMILES string of the molecule is COC(=O)c1ccc(O[C@H](C)C(=O)c2[nH]c(C)c(C(=O)OC)c2C)c(OC)c1. The molecule has 8 heteroatoms. The fourth-order valence-electron chi connectivity index (χ4n) is 2.86. The number of hydrogen-bond donors (Lipinski definition) is 1. The van der Waals surface area contributed by atoms with Gasteiger partial charge in [0.1, 0.15) is 0 Å². The highest BCUT2D eigenvalue weighted by atomic mass is 16.5. The normalized spacial score (nSPS) is 11.5. The Hall–Kier alpha value is -3.29. The average molecular weight is 389 g/mol. The maximum atomic E-state index is 12.8. The van der Waals surface area contributed by atoms with Crippen molar-refractivity contribution in [3.8, 4) is 11.5 Å². The minimum atomic E-state index is -0.875. The lowest BCUT2D eigenvalue weighted by Gasteiger charge is -2.16. The molecule has 8 nitrogen and oxygen atoms in total. The summed E-state index contributed by atoms with van der Waals surface area (Å²) >= 11 is 0. The molecule has 0 unspecified atom stereocenters. The topological polar surface area (TPSA) is 104 Å². The molecular formula is C20H23NO7. The maximum Gasteiger partial charge on any atom is 0.339 e. The van der Waals surface area contributed by atoms with Gasteiger partial charge in [-0.25, -0.2) is 9.59 Å². The number of nitrogens with one attached hydrogen (secondary N) is 1. The van der Waals surface area contributed by atoms with Crippen LogP contribution in [0.25, 0.3) is 0 Å². The molecule has 150 valence electrons. The van der Waals surface area contributed by atoms with Crippen LogP contribution in [-0.4, -0.2) is 50.1 Å². The summed E-state index contributed by atoms with van der Waals surface area (Å²) in [6.07, 6.45) is -0.875. The number of methoxy groups -OCH3 is 3. The molecule has 2 rings (SSSR count). The maximum absolute atomic E-state index is 12.8. The number of carbonyl (C=O) groups excluding carboxylic acids is 3. The standard InChI is InChI=1S/C20H23NO7/c1-10-16(20(24)27-6)11(2)21-17(10)18(22)12(3)28-14-8-7-13(19(23)26-5)9-15(14)25-4/h7-9,12,21H,1-6H3/t12-/m1/s1. The minimum absolute atomic E-state index is 0.274. The van der Waals surface area contributed by atoms with E-state index >= 15 is 0 Å². The molecule has 1 heterocycles. The average Bonchev–Trinajstić information content (AvgIpc) is 3.00. The Kier molecular flexibility index (Phi) is 6.45. The Morgan fingerprint density at radius 3 is 2.18 bits per heavy atom. The molecule has 1 N–H and O–H groups in total. The van der Waals surface area contributed by atoms with Crippen molar-refractivity contribution < 1.29 is 33.3 Å². The van der Waals surface area contributed by atoms with Gasteiger partial charge < -0.3 is 23.9 Å². The van der Waals surface area contributed by atoms with Gasteiger partial charge in [-0.15, -0.1) is 0 Å². The molecule has 0 aliphatic rings. The molecular weight excluding hydrogens is 366 g/mol. The van der Waals surface area contributed by atoms with Crippen LogP contribution in [0.5, 0.6) is 11.5 Å². The van der Waals surface area contributed by atoms with Crippen molar-refractivity contribution in [2.75, 3.05) is 21.3 Å². The largest absolute Gasteiger partial charge is 0.493 e. The summed E-state index contributed by atoms with van der Waals surface area (Å²) in [5.41, 5.74) is 1.94. The predicted octanol–water partition coefficient (Wildman–Crippen LogP) is 2.86. The van der Waals surface area contributed by atoms with Gasteiger partial charge in [0.25, 0.3) is 0 Å². The molecule has 0 bridgehead atoms. The monoisotopic (exact) mass is 389 g/mol. The quantitative estimate of drug-likeness (QED) is 0.573. The molecule has 0 amide bonds. The molecule has 2 aromatic rings. The first kappa shape index (κ1) is 21.0. The lowest BCUT2D eigenvalue weighted by Crippen LogP contribution is -2.25. The molecule has 1 aromatic heterocycles. The number of ketones is 1. The van der Waals surface area contributed by atoms with Gasteiger partial charge in [0.2, 0.25) is 5.78 Å². The lowest BCUT2D eigenvalue weighted by atomic mass is 10.1. The molecule has 0 spiro atoms. The molecule has 0 aliphatic heterocycles. The summed E-state index contributed by atoms with van der Waals surface area (Å²) in [4.78, 5) is 39.3. The van der Waals surface area contributed by atoms with E-state index in [0.717, 1.165) is 0 Å². The number of ether oxygens (including phenoxy) is 4. The summed E-state index contributed by atoms with van der Waals surface area (Å²) in [5.74, 6) is -0.780. The molecule has 1 atom stereocenters. The lowest BCUT2D eigenvalue weighted by molar-refractivity contribution is 0.0590. The Morgan fingerprint density at radius 2 is 1.61 bits per heavy atom. The van der Waals surface area contributed by atoms with E-state index in [9.17, 15) is 14.4 Å². The van der Waals surface area contributed by atoms with E-state index in [1.54, 1.807) is 20.8 Å². The Morgan fingerprint density at radius 1 is 0.964 bits per heavy atom. The Balaban J connectivity index is 2.28. The van der Waals surface area contributed by atoms with E-state index in [1.165, 1.54) is 39.5 Å². The van der Waals surface area contributed by atoms with Gasteiger partial charge >= 0.3 is 11.9 Å². The second kappa shape index (κ2) is 8.60. The Bertz CT molecular complexity index is 914. The molecule has 28 heavy (non-hydrogen) atoms. The third kappa shape index (κ3) is 4.00. The van der Waals surface area contributed by atoms with Crippen LogP contribution in [0.4, 0.5) is 0 Å². The highest BCUT2D eigenvalue weighted by Crippen LogP contribution is 2.30. The van der Waals surface area contributed by atoms with Gasteiger partial charge in [-0.3, -0.25) is 4.79 Å². The zero-order valence-electron chi connectivity index (χ0n) is 16.7. The van der Waals surface area contributed by atoms with Gasteiger partial charge in [-0.05, 0) is 44.5 Å². The Labute approximate surface area is 162 Å². The third-order valence-corrected chi connectivity index (χ3v) is 4.33. The van der Waals surface area contributed by atoms with E-state index in [2.05, 4.69) is 9.72 Å². The van der Waals surface area contributed by atoms with Crippen LogP contribution in [0.1, 0.15) is 49.4 Å². The summed E-state index contributed by atoms with van der Waals surface area (Å²) < 4.78 is 20.4. The van der Waals surface area contributed by atoms with Gasteiger partial charge in [0.05, 0.1) is 38.2 Å². The van der Waals surface area contributed by atoms with Crippen molar-refractivity contribution >= 4 is 17.7 Å². The second-order valence-electron chi connectivity index (χ2n) is 6.10. The van der Waals surface area contributed by atoms with E-state index in [0.29, 0.717) is 28.1 Å². The molecule has 0 saturated carbocycles. The van der Waals surface area contributed by atoms with Gasteiger partial charge in [0, 0.05) is 5.69 Å².